The predicted molar refractivity (Wildman–Crippen MR) is 236 cm³/mol. The minimum atomic E-state index is -0.317. The molecule has 0 saturated carbocycles. The smallest absolute Gasteiger partial charge is 0.496 e. The largest absolute Gasteiger partial charge is 0.514 e. The van der Waals surface area contributed by atoms with E-state index in [1.807, 2.05) is 87.0 Å². The van der Waals surface area contributed by atoms with Crippen LogP contribution in [0.1, 0.15) is 50.2 Å². The van der Waals surface area contributed by atoms with Crippen LogP contribution in [0.4, 0.5) is 8.78 Å². The van der Waals surface area contributed by atoms with Crippen molar-refractivity contribution in [3.8, 4) is 22.8 Å². The maximum Gasteiger partial charge on any atom is 0.514 e. The number of hydrogen-bond acceptors (Lipinski definition) is 10. The summed E-state index contributed by atoms with van der Waals surface area (Å²) in [6, 6.07) is 21.6. The number of methoxy groups -OCH3 is 2. The number of rotatable bonds is 10. The summed E-state index contributed by atoms with van der Waals surface area (Å²) in [6.45, 7) is 8.18. The minimum Gasteiger partial charge on any atom is -0.496 e. The molecule has 0 radical (unpaired) electrons. The Morgan fingerprint density at radius 3 is 1.68 bits per heavy atom. The minimum absolute atomic E-state index is 0.244. The van der Waals surface area contributed by atoms with Gasteiger partial charge in [-0.3, -0.25) is 18.2 Å². The van der Waals surface area contributed by atoms with Gasteiger partial charge in [0.25, 0.3) is 0 Å². The average molecular weight is 910 g/mol. The van der Waals surface area contributed by atoms with Crippen molar-refractivity contribution < 1.29 is 27.6 Å². The van der Waals surface area contributed by atoms with E-state index in [1.165, 1.54) is 12.1 Å². The molecule has 14 nitrogen and oxygen atoms in total. The van der Waals surface area contributed by atoms with E-state index in [9.17, 15) is 8.78 Å². The van der Waals surface area contributed by atoms with Gasteiger partial charge in [-0.05, 0) is 130 Å². The van der Waals surface area contributed by atoms with Crippen LogP contribution < -0.4 is 15.1 Å². The first-order chi connectivity index (χ1) is 29.7. The van der Waals surface area contributed by atoms with E-state index in [1.54, 1.807) is 72.9 Å². The third-order valence-electron chi connectivity index (χ3n) is 11.3. The van der Waals surface area contributed by atoms with Crippen LogP contribution in [0.5, 0.6) is 11.5 Å². The predicted octanol–water partition coefficient (Wildman–Crippen LogP) is 7.21. The summed E-state index contributed by atoms with van der Waals surface area (Å²) in [4.78, 5) is 0. The van der Waals surface area contributed by atoms with Crippen LogP contribution in [0.25, 0.3) is 22.6 Å². The molecule has 6 aromatic heterocycles. The topological polar surface area (TPSA) is 133 Å². The summed E-state index contributed by atoms with van der Waals surface area (Å²) in [5.41, 5.74) is 6.98. The van der Waals surface area contributed by atoms with Crippen LogP contribution in [0.2, 0.25) is 0 Å². The van der Waals surface area contributed by atoms with Gasteiger partial charge in [-0.1, -0.05) is 12.1 Å². The molecule has 9 rings (SSSR count). The zero-order valence-electron chi connectivity index (χ0n) is 35.9. The molecule has 0 aliphatic carbocycles. The van der Waals surface area contributed by atoms with Crippen LogP contribution in [0, 0.1) is 11.6 Å². The molecular formula is C44H48BBrF2N10O4. The lowest BCUT2D eigenvalue weighted by atomic mass is 9.85. The lowest BCUT2D eigenvalue weighted by Crippen LogP contribution is -2.41. The van der Waals surface area contributed by atoms with Crippen LogP contribution in [-0.2, 0) is 49.1 Å². The Kier molecular flexibility index (Phi) is 13.2. The van der Waals surface area contributed by atoms with Crippen molar-refractivity contribution in [2.45, 2.75) is 64.6 Å². The highest BCUT2D eigenvalue weighted by molar-refractivity contribution is 9.10. The highest BCUT2D eigenvalue weighted by Gasteiger charge is 2.52. The summed E-state index contributed by atoms with van der Waals surface area (Å²) in [6.07, 6.45) is 9.22. The van der Waals surface area contributed by atoms with Gasteiger partial charge in [0.15, 0.2) is 11.3 Å². The molecule has 2 aromatic carbocycles. The number of aryl methyl sites for hydroxylation is 4. The van der Waals surface area contributed by atoms with Crippen molar-refractivity contribution in [1.29, 1.82) is 0 Å². The van der Waals surface area contributed by atoms with Gasteiger partial charge >= 0.3 is 7.12 Å². The zero-order valence-corrected chi connectivity index (χ0v) is 37.5. The molecule has 0 N–H and O–H groups in total. The van der Waals surface area contributed by atoms with Crippen LogP contribution in [0.15, 0.2) is 102 Å². The molecule has 62 heavy (non-hydrogen) atoms. The number of fused-ring (bicyclic) bond motifs is 2. The summed E-state index contributed by atoms with van der Waals surface area (Å²) in [5.74, 6) is 0.644. The first-order valence-electron chi connectivity index (χ1n) is 20.0. The molecule has 322 valence electrons. The average Bonchev–Trinajstić information content (AvgIpc) is 4.10. The fraction of sp³-hybridized carbons (Fsp3) is 0.318. The van der Waals surface area contributed by atoms with Crippen LogP contribution in [-0.4, -0.2) is 81.3 Å². The van der Waals surface area contributed by atoms with Crippen LogP contribution in [0.3, 0.4) is 0 Å². The molecule has 1 saturated heterocycles. The molecule has 0 spiro atoms. The number of aromatic nitrogens is 10. The maximum absolute atomic E-state index is 14.2. The third kappa shape index (κ3) is 9.12. The maximum atomic E-state index is 14.2. The molecule has 8 aromatic rings. The van der Waals surface area contributed by atoms with Gasteiger partial charge in [0.2, 0.25) is 0 Å². The molecule has 1 aliphatic heterocycles. The molecule has 0 amide bonds. The van der Waals surface area contributed by atoms with Crippen molar-refractivity contribution in [2.24, 2.45) is 14.1 Å². The summed E-state index contributed by atoms with van der Waals surface area (Å²) in [7, 11) is 6.57. The lowest BCUT2D eigenvalue weighted by molar-refractivity contribution is 0.00578. The highest BCUT2D eigenvalue weighted by atomic mass is 79.9. The van der Waals surface area contributed by atoms with Crippen molar-refractivity contribution in [2.75, 3.05) is 14.2 Å². The second-order valence-corrected chi connectivity index (χ2v) is 16.5. The number of pyridine rings is 2. The van der Waals surface area contributed by atoms with Crippen molar-refractivity contribution in [3.05, 3.63) is 136 Å². The van der Waals surface area contributed by atoms with Crippen molar-refractivity contribution >= 4 is 39.9 Å². The van der Waals surface area contributed by atoms with Crippen molar-refractivity contribution in [1.82, 2.24) is 48.8 Å². The van der Waals surface area contributed by atoms with Gasteiger partial charge in [-0.25, -0.2) is 8.78 Å². The molecular weight excluding hydrogens is 861 g/mol. The first kappa shape index (κ1) is 44.1. The van der Waals surface area contributed by atoms with E-state index < -0.39 is 0 Å². The van der Waals surface area contributed by atoms with Crippen molar-refractivity contribution in [3.63, 3.8) is 0 Å². The fourth-order valence-electron chi connectivity index (χ4n) is 7.17. The van der Waals surface area contributed by atoms with E-state index in [2.05, 4.69) is 46.5 Å². The Bertz CT molecular complexity index is 2790. The number of ether oxygens (including phenoxy) is 2. The second-order valence-electron chi connectivity index (χ2n) is 15.6. The normalized spacial score (nSPS) is 14.1. The Labute approximate surface area is 367 Å². The number of halogens is 3. The van der Waals surface area contributed by atoms with E-state index in [0.29, 0.717) is 48.3 Å². The molecule has 0 atom stereocenters. The van der Waals surface area contributed by atoms with Gasteiger partial charge in [0, 0.05) is 54.6 Å². The van der Waals surface area contributed by atoms with Gasteiger partial charge in [0.1, 0.15) is 35.8 Å². The van der Waals surface area contributed by atoms with Gasteiger partial charge in [-0.2, -0.15) is 10.2 Å². The number of hydrogen-bond donors (Lipinski definition) is 0. The number of nitrogens with zero attached hydrogens (tertiary/aromatic N) is 10. The zero-order chi connectivity index (χ0) is 44.2. The summed E-state index contributed by atoms with van der Waals surface area (Å²) in [5, 5.41) is 24.6. The van der Waals surface area contributed by atoms with E-state index in [4.69, 9.17) is 18.8 Å². The van der Waals surface area contributed by atoms with Gasteiger partial charge < -0.3 is 18.8 Å². The Morgan fingerprint density at radius 2 is 1.16 bits per heavy atom. The van der Waals surface area contributed by atoms with Gasteiger partial charge in [0.05, 0.1) is 41.2 Å². The second kappa shape index (κ2) is 18.6. The molecule has 1 aliphatic rings. The Morgan fingerprint density at radius 1 is 0.645 bits per heavy atom. The highest BCUT2D eigenvalue weighted by Crippen LogP contribution is 2.36. The molecule has 0 bridgehead atoms. The Hall–Kier alpha value is -5.98. The lowest BCUT2D eigenvalue weighted by Gasteiger charge is -2.32. The molecule has 0 unspecified atom stereocenters. The van der Waals surface area contributed by atoms with Crippen LogP contribution >= 0.6 is 15.9 Å². The SMILES string of the molecule is COc1cccc(F)c1CCc1ccc(-c2ccnn2C)c2nncn12.COc1cccc(F)c1CCc1ccc(Br)c2nncn12.Cn1nccc1B1OC(C)(C)C(C)(C)O1. The van der Waals surface area contributed by atoms with Gasteiger partial charge in [-0.15, -0.1) is 20.4 Å². The monoisotopic (exact) mass is 908 g/mol. The molecule has 1 fully saturated rings. The third-order valence-corrected chi connectivity index (χ3v) is 12.0. The molecule has 7 heterocycles. The van der Waals surface area contributed by atoms with E-state index in [0.717, 1.165) is 44.0 Å². The first-order valence-corrected chi connectivity index (χ1v) is 20.8. The number of benzene rings is 2. The molecule has 18 heteroatoms. The quantitative estimate of drug-likeness (QED) is 0.130. The standard InChI is InChI=1S/C19H18FN5O.C15H13BrFN3O.C10H17BN2O2/c1-24-17(10-11-22-24)15-9-7-13(25-12-21-23-19(15)25)6-8-14-16(20)4-3-5-18(14)26-2;1-21-14-4-2-3-13(17)11(14)7-5-10-6-8-12(16)15-19-18-9-20(10)15;1-9(2)10(3,4)15-11(14-9)8-6-7-12-13(8)5/h3-5,7,9-12H,6,8H2,1-2H3;2-4,6,8-9H,5,7H2,1H3;6-7H,1-5H3. The summed E-state index contributed by atoms with van der Waals surface area (Å²) < 4.78 is 58.7. The van der Waals surface area contributed by atoms with E-state index in [-0.39, 0.29) is 30.0 Å². The Balaban J connectivity index is 0.000000145. The fourth-order valence-corrected chi connectivity index (χ4v) is 7.57. The van der Waals surface area contributed by atoms with E-state index >= 15 is 0 Å². The summed E-state index contributed by atoms with van der Waals surface area (Å²) >= 11 is 3.44.